The molecule has 2 aromatic rings. The van der Waals surface area contributed by atoms with Crippen molar-refractivity contribution in [2.75, 3.05) is 31.9 Å². The number of hydrogen-bond acceptors (Lipinski definition) is 7. The molecule has 0 unspecified atom stereocenters. The molecule has 31 heavy (non-hydrogen) atoms. The number of piperidine rings is 2. The Balaban J connectivity index is 1.24. The highest BCUT2D eigenvalue weighted by molar-refractivity contribution is 5.99. The maximum Gasteiger partial charge on any atom is 0.225 e. The number of nitrogen functional groups attached to an aromatic ring is 1. The number of nitrogens with one attached hydrogen (secondary N) is 1. The minimum absolute atomic E-state index is 0.105. The summed E-state index contributed by atoms with van der Waals surface area (Å²) in [6.45, 7) is 6.08. The SMILES string of the molecule is Cc1cccnc1C(=N)C1CCN(C(=O)C2CCN(Cc3cnc(N)nc3)CC2)CC1. The minimum Gasteiger partial charge on any atom is -0.368 e. The molecule has 164 valence electrons. The highest BCUT2D eigenvalue weighted by atomic mass is 16.2. The predicted octanol–water partition coefficient (Wildman–Crippen LogP) is 2.28. The van der Waals surface area contributed by atoms with E-state index < -0.39 is 0 Å². The molecule has 2 aliphatic heterocycles. The number of aromatic nitrogens is 3. The Labute approximate surface area is 183 Å². The first-order valence-electron chi connectivity index (χ1n) is 11.1. The standard InChI is InChI=1S/C23H31N7O/c1-16-3-2-8-26-21(16)20(24)18-6-11-30(12-7-18)22(31)19-4-9-29(10-5-19)15-17-13-27-23(25)28-14-17/h2-3,8,13-14,18-19,24H,4-7,9-12,15H2,1H3,(H2,25,27,28). The van der Waals surface area contributed by atoms with Gasteiger partial charge in [-0.2, -0.15) is 0 Å². The van der Waals surface area contributed by atoms with Gasteiger partial charge in [0.25, 0.3) is 0 Å². The fourth-order valence-electron chi connectivity index (χ4n) is 4.65. The first-order valence-corrected chi connectivity index (χ1v) is 11.1. The van der Waals surface area contributed by atoms with Gasteiger partial charge in [-0.25, -0.2) is 9.97 Å². The molecule has 4 rings (SSSR count). The molecule has 3 N–H and O–H groups in total. The summed E-state index contributed by atoms with van der Waals surface area (Å²) in [5.74, 6) is 0.867. The van der Waals surface area contributed by atoms with E-state index in [1.807, 2.05) is 24.0 Å². The lowest BCUT2D eigenvalue weighted by Gasteiger charge is -2.37. The van der Waals surface area contributed by atoms with Gasteiger partial charge in [-0.1, -0.05) is 6.07 Å². The first kappa shape index (κ1) is 21.4. The van der Waals surface area contributed by atoms with E-state index in [1.54, 1.807) is 18.6 Å². The van der Waals surface area contributed by atoms with Crippen LogP contribution < -0.4 is 5.73 Å². The zero-order valence-corrected chi connectivity index (χ0v) is 18.1. The fraction of sp³-hybridized carbons (Fsp3) is 0.522. The van der Waals surface area contributed by atoms with Gasteiger partial charge >= 0.3 is 0 Å². The lowest BCUT2D eigenvalue weighted by molar-refractivity contribution is -0.138. The molecule has 1 amide bonds. The zero-order valence-electron chi connectivity index (χ0n) is 18.1. The molecule has 2 aliphatic rings. The van der Waals surface area contributed by atoms with E-state index in [-0.39, 0.29) is 17.7 Å². The van der Waals surface area contributed by atoms with Crippen molar-refractivity contribution < 1.29 is 4.79 Å². The number of nitrogens with two attached hydrogens (primary N) is 1. The highest BCUT2D eigenvalue weighted by Gasteiger charge is 2.32. The third kappa shape index (κ3) is 5.07. The lowest BCUT2D eigenvalue weighted by atomic mass is 9.87. The molecule has 0 saturated carbocycles. The van der Waals surface area contributed by atoms with Crippen molar-refractivity contribution >= 4 is 17.6 Å². The number of pyridine rings is 1. The van der Waals surface area contributed by atoms with Crippen molar-refractivity contribution in [3.05, 3.63) is 47.5 Å². The molecule has 8 nitrogen and oxygen atoms in total. The van der Waals surface area contributed by atoms with E-state index in [1.165, 1.54) is 0 Å². The summed E-state index contributed by atoms with van der Waals surface area (Å²) in [5.41, 5.74) is 9.06. The Morgan fingerprint density at radius 3 is 2.35 bits per heavy atom. The molecule has 0 bridgehead atoms. The number of carbonyl (C=O) groups is 1. The van der Waals surface area contributed by atoms with Crippen LogP contribution in [0.5, 0.6) is 0 Å². The number of aryl methyl sites for hydroxylation is 1. The quantitative estimate of drug-likeness (QED) is 0.717. The number of hydrogen-bond donors (Lipinski definition) is 2. The molecule has 2 aromatic heterocycles. The van der Waals surface area contributed by atoms with Gasteiger partial charge < -0.3 is 16.0 Å². The van der Waals surface area contributed by atoms with Crippen LogP contribution in [0.25, 0.3) is 0 Å². The number of rotatable bonds is 5. The second kappa shape index (κ2) is 9.51. The maximum atomic E-state index is 13.1. The maximum absolute atomic E-state index is 13.1. The lowest BCUT2D eigenvalue weighted by Crippen LogP contribution is -2.46. The van der Waals surface area contributed by atoms with Gasteiger partial charge in [-0.15, -0.1) is 0 Å². The van der Waals surface area contributed by atoms with Gasteiger partial charge in [0.2, 0.25) is 11.9 Å². The Hall–Kier alpha value is -2.87. The highest BCUT2D eigenvalue weighted by Crippen LogP contribution is 2.26. The third-order valence-electron chi connectivity index (χ3n) is 6.55. The summed E-state index contributed by atoms with van der Waals surface area (Å²) in [5, 5.41) is 8.57. The molecule has 2 fully saturated rings. The molecule has 8 heteroatoms. The molecule has 0 radical (unpaired) electrons. The number of amides is 1. The summed E-state index contributed by atoms with van der Waals surface area (Å²) >= 11 is 0. The average Bonchev–Trinajstić information content (AvgIpc) is 2.81. The minimum atomic E-state index is 0.105. The number of likely N-dealkylation sites (tertiary alicyclic amines) is 2. The van der Waals surface area contributed by atoms with Crippen molar-refractivity contribution in [3.8, 4) is 0 Å². The molecular weight excluding hydrogens is 390 g/mol. The van der Waals surface area contributed by atoms with Crippen LogP contribution in [0.1, 0.15) is 42.5 Å². The van der Waals surface area contributed by atoms with Crippen molar-refractivity contribution in [1.82, 2.24) is 24.8 Å². The van der Waals surface area contributed by atoms with Crippen LogP contribution in [0.3, 0.4) is 0 Å². The monoisotopic (exact) mass is 421 g/mol. The van der Waals surface area contributed by atoms with E-state index in [9.17, 15) is 4.79 Å². The van der Waals surface area contributed by atoms with Crippen LogP contribution in [-0.4, -0.2) is 62.5 Å². The molecular formula is C23H31N7O. The largest absolute Gasteiger partial charge is 0.368 e. The van der Waals surface area contributed by atoms with Crippen molar-refractivity contribution in [3.63, 3.8) is 0 Å². The van der Waals surface area contributed by atoms with Gasteiger partial charge in [-0.05, 0) is 57.3 Å². The molecule has 4 heterocycles. The third-order valence-corrected chi connectivity index (χ3v) is 6.55. The van der Waals surface area contributed by atoms with Crippen LogP contribution in [0, 0.1) is 24.2 Å². The molecule has 0 atom stereocenters. The summed E-state index contributed by atoms with van der Waals surface area (Å²) in [6, 6.07) is 3.91. The molecule has 0 aromatic carbocycles. The summed E-state index contributed by atoms with van der Waals surface area (Å²) in [4.78, 5) is 29.9. The van der Waals surface area contributed by atoms with Crippen molar-refractivity contribution in [2.24, 2.45) is 11.8 Å². The number of carbonyl (C=O) groups excluding carboxylic acids is 1. The van der Waals surface area contributed by atoms with E-state index in [0.29, 0.717) is 11.7 Å². The van der Waals surface area contributed by atoms with E-state index in [2.05, 4.69) is 19.9 Å². The molecule has 0 spiro atoms. The summed E-state index contributed by atoms with van der Waals surface area (Å²) in [6.07, 6.45) is 8.76. The second-order valence-corrected chi connectivity index (χ2v) is 8.68. The summed E-state index contributed by atoms with van der Waals surface area (Å²) < 4.78 is 0. The van der Waals surface area contributed by atoms with Crippen LogP contribution >= 0.6 is 0 Å². The van der Waals surface area contributed by atoms with Gasteiger partial charge in [-0.3, -0.25) is 14.7 Å². The van der Waals surface area contributed by atoms with Gasteiger partial charge in [0, 0.05) is 55.6 Å². The fourth-order valence-corrected chi connectivity index (χ4v) is 4.65. The Bertz CT molecular complexity index is 914. The van der Waals surface area contributed by atoms with Crippen LogP contribution in [-0.2, 0) is 11.3 Å². The first-order chi connectivity index (χ1) is 15.0. The van der Waals surface area contributed by atoms with Gasteiger partial charge in [0.15, 0.2) is 0 Å². The Morgan fingerprint density at radius 2 is 1.71 bits per heavy atom. The van der Waals surface area contributed by atoms with Gasteiger partial charge in [0.05, 0.1) is 11.4 Å². The second-order valence-electron chi connectivity index (χ2n) is 8.68. The van der Waals surface area contributed by atoms with Crippen molar-refractivity contribution in [1.29, 1.82) is 5.41 Å². The topological polar surface area (TPSA) is 112 Å². The van der Waals surface area contributed by atoms with Crippen molar-refractivity contribution in [2.45, 2.75) is 39.2 Å². The van der Waals surface area contributed by atoms with Crippen LogP contribution in [0.15, 0.2) is 30.7 Å². The van der Waals surface area contributed by atoms with Crippen LogP contribution in [0.2, 0.25) is 0 Å². The summed E-state index contributed by atoms with van der Waals surface area (Å²) in [7, 11) is 0. The average molecular weight is 422 g/mol. The Kier molecular flexibility index (Phi) is 6.56. The Morgan fingerprint density at radius 1 is 1.06 bits per heavy atom. The predicted molar refractivity (Wildman–Crippen MR) is 120 cm³/mol. The van der Waals surface area contributed by atoms with E-state index in [4.69, 9.17) is 11.1 Å². The molecule has 2 saturated heterocycles. The van der Waals surface area contributed by atoms with Crippen LogP contribution in [0.4, 0.5) is 5.95 Å². The smallest absolute Gasteiger partial charge is 0.225 e. The van der Waals surface area contributed by atoms with Gasteiger partial charge in [0.1, 0.15) is 0 Å². The van der Waals surface area contributed by atoms with E-state index in [0.717, 1.165) is 75.2 Å². The molecule has 0 aliphatic carbocycles. The number of nitrogens with zero attached hydrogens (tertiary/aromatic N) is 5. The number of anilines is 1. The normalized spacial score (nSPS) is 18.8. The van der Waals surface area contributed by atoms with E-state index >= 15 is 0 Å². The zero-order chi connectivity index (χ0) is 21.8.